The fourth-order valence-corrected chi connectivity index (χ4v) is 4.54. The molecule has 156 valence electrons. The minimum atomic E-state index is 0.0153. The van der Waals surface area contributed by atoms with E-state index in [0.717, 1.165) is 42.9 Å². The second-order valence-electron chi connectivity index (χ2n) is 7.78. The molecule has 1 amide bonds. The standard InChI is InChI=1S/C22H26N6OS/c1-16-10-17(2)12-20(11-16)28-22(24-25-26-28)30-15-21(29)23-19-8-9-27(14-19)13-18-6-4-3-5-7-18/h3-7,10-12,19H,8-9,13-15H2,1-2H3,(H,23,29)/t19-/m0/s1. The maximum absolute atomic E-state index is 12.5. The van der Waals surface area contributed by atoms with Crippen molar-refractivity contribution < 1.29 is 4.79 Å². The summed E-state index contributed by atoms with van der Waals surface area (Å²) in [4.78, 5) is 14.9. The highest BCUT2D eigenvalue weighted by molar-refractivity contribution is 7.99. The lowest BCUT2D eigenvalue weighted by atomic mass is 10.1. The van der Waals surface area contributed by atoms with Crippen LogP contribution in [0, 0.1) is 13.8 Å². The first-order valence-corrected chi connectivity index (χ1v) is 11.1. The van der Waals surface area contributed by atoms with Crippen molar-refractivity contribution in [2.45, 2.75) is 38.0 Å². The van der Waals surface area contributed by atoms with Crippen LogP contribution in [0.2, 0.25) is 0 Å². The van der Waals surface area contributed by atoms with Gasteiger partial charge in [0, 0.05) is 25.7 Å². The van der Waals surface area contributed by atoms with Crippen LogP contribution in [0.5, 0.6) is 0 Å². The van der Waals surface area contributed by atoms with Crippen molar-refractivity contribution in [3.05, 3.63) is 65.2 Å². The first kappa shape index (κ1) is 20.6. The molecule has 1 atom stereocenters. The van der Waals surface area contributed by atoms with E-state index in [9.17, 15) is 4.79 Å². The van der Waals surface area contributed by atoms with Crippen molar-refractivity contribution in [2.75, 3.05) is 18.8 Å². The molecule has 4 rings (SSSR count). The first-order chi connectivity index (χ1) is 14.6. The molecule has 0 spiro atoms. The minimum absolute atomic E-state index is 0.0153. The lowest BCUT2D eigenvalue weighted by Gasteiger charge is -2.16. The van der Waals surface area contributed by atoms with E-state index in [2.05, 4.69) is 56.1 Å². The molecule has 8 heteroatoms. The number of thioether (sulfide) groups is 1. The summed E-state index contributed by atoms with van der Waals surface area (Å²) in [7, 11) is 0. The number of benzene rings is 2. The second kappa shape index (κ2) is 9.40. The zero-order valence-electron chi connectivity index (χ0n) is 17.3. The number of rotatable bonds is 7. The van der Waals surface area contributed by atoms with Crippen LogP contribution >= 0.6 is 11.8 Å². The number of hydrogen-bond acceptors (Lipinski definition) is 6. The fraction of sp³-hybridized carbons (Fsp3) is 0.364. The highest BCUT2D eigenvalue weighted by Crippen LogP contribution is 2.20. The lowest BCUT2D eigenvalue weighted by molar-refractivity contribution is -0.119. The van der Waals surface area contributed by atoms with Gasteiger partial charge < -0.3 is 5.32 Å². The second-order valence-corrected chi connectivity index (χ2v) is 8.72. The number of aromatic nitrogens is 4. The van der Waals surface area contributed by atoms with Crippen molar-refractivity contribution in [2.24, 2.45) is 0 Å². The van der Waals surface area contributed by atoms with Crippen LogP contribution in [0.1, 0.15) is 23.1 Å². The van der Waals surface area contributed by atoms with Gasteiger partial charge in [-0.3, -0.25) is 9.69 Å². The van der Waals surface area contributed by atoms with E-state index in [1.807, 2.05) is 32.0 Å². The molecule has 0 bridgehead atoms. The van der Waals surface area contributed by atoms with Crippen LogP contribution in [0.4, 0.5) is 0 Å². The lowest BCUT2D eigenvalue weighted by Crippen LogP contribution is -2.38. The van der Waals surface area contributed by atoms with Gasteiger partial charge in [-0.15, -0.1) is 5.10 Å². The molecular formula is C22H26N6OS. The third-order valence-corrected chi connectivity index (χ3v) is 6.03. The van der Waals surface area contributed by atoms with Gasteiger partial charge in [0.2, 0.25) is 11.1 Å². The predicted octanol–water partition coefficient (Wildman–Crippen LogP) is 2.76. The first-order valence-electron chi connectivity index (χ1n) is 10.1. The third-order valence-electron chi connectivity index (χ3n) is 5.11. The summed E-state index contributed by atoms with van der Waals surface area (Å²) in [6, 6.07) is 16.8. The molecule has 1 N–H and O–H groups in total. The fourth-order valence-electron chi connectivity index (χ4n) is 3.84. The Morgan fingerprint density at radius 2 is 1.93 bits per heavy atom. The van der Waals surface area contributed by atoms with Crippen molar-refractivity contribution in [1.29, 1.82) is 0 Å². The van der Waals surface area contributed by atoms with Gasteiger partial charge in [-0.2, -0.15) is 4.68 Å². The number of tetrazole rings is 1. The van der Waals surface area contributed by atoms with Gasteiger partial charge in [0.1, 0.15) is 0 Å². The number of nitrogens with one attached hydrogen (secondary N) is 1. The molecule has 1 aromatic heterocycles. The molecule has 1 saturated heterocycles. The van der Waals surface area contributed by atoms with Gasteiger partial charge >= 0.3 is 0 Å². The van der Waals surface area contributed by atoms with Crippen molar-refractivity contribution in [1.82, 2.24) is 30.4 Å². The predicted molar refractivity (Wildman–Crippen MR) is 118 cm³/mol. The van der Waals surface area contributed by atoms with E-state index in [0.29, 0.717) is 10.9 Å². The molecule has 2 aromatic carbocycles. The molecule has 0 radical (unpaired) electrons. The quantitative estimate of drug-likeness (QED) is 0.590. The summed E-state index contributed by atoms with van der Waals surface area (Å²) in [6.45, 7) is 6.89. The molecule has 1 aliphatic heterocycles. The average molecular weight is 423 g/mol. The summed E-state index contributed by atoms with van der Waals surface area (Å²) in [5, 5.41) is 15.8. The minimum Gasteiger partial charge on any atom is -0.351 e. The SMILES string of the molecule is Cc1cc(C)cc(-n2nnnc2SCC(=O)N[C@H]2CCN(Cc3ccccc3)C2)c1. The average Bonchev–Trinajstić information content (AvgIpc) is 3.36. The molecule has 0 saturated carbocycles. The van der Waals surface area contributed by atoms with E-state index >= 15 is 0 Å². The maximum Gasteiger partial charge on any atom is 0.230 e. The number of carbonyl (C=O) groups is 1. The molecule has 3 aromatic rings. The normalized spacial score (nSPS) is 16.7. The van der Waals surface area contributed by atoms with Gasteiger partial charge in [-0.05, 0) is 59.5 Å². The van der Waals surface area contributed by atoms with E-state index in [1.165, 1.54) is 17.3 Å². The van der Waals surface area contributed by atoms with E-state index in [4.69, 9.17) is 0 Å². The van der Waals surface area contributed by atoms with Crippen LogP contribution in [-0.2, 0) is 11.3 Å². The summed E-state index contributed by atoms with van der Waals surface area (Å²) in [5.41, 5.74) is 4.51. The summed E-state index contributed by atoms with van der Waals surface area (Å²) in [6.07, 6.45) is 0.976. The number of carbonyl (C=O) groups excluding carboxylic acids is 1. The van der Waals surface area contributed by atoms with Crippen LogP contribution in [0.25, 0.3) is 5.69 Å². The number of hydrogen-bond donors (Lipinski definition) is 1. The Balaban J connectivity index is 1.28. The van der Waals surface area contributed by atoms with Crippen LogP contribution in [0.15, 0.2) is 53.7 Å². The molecule has 7 nitrogen and oxygen atoms in total. The zero-order chi connectivity index (χ0) is 20.9. The Labute approximate surface area is 180 Å². The molecule has 2 heterocycles. The highest BCUT2D eigenvalue weighted by Gasteiger charge is 2.24. The highest BCUT2D eigenvalue weighted by atomic mass is 32.2. The molecule has 30 heavy (non-hydrogen) atoms. The smallest absolute Gasteiger partial charge is 0.230 e. The van der Waals surface area contributed by atoms with E-state index in [1.54, 1.807) is 4.68 Å². The number of nitrogens with zero attached hydrogens (tertiary/aromatic N) is 5. The molecule has 1 aliphatic rings. The number of amides is 1. The molecule has 0 aliphatic carbocycles. The Kier molecular flexibility index (Phi) is 6.44. The summed E-state index contributed by atoms with van der Waals surface area (Å²) in [5.74, 6) is 0.307. The van der Waals surface area contributed by atoms with Crippen LogP contribution in [-0.4, -0.2) is 55.9 Å². The molecule has 1 fully saturated rings. The topological polar surface area (TPSA) is 75.9 Å². The Bertz CT molecular complexity index is 986. The van der Waals surface area contributed by atoms with Crippen LogP contribution in [0.3, 0.4) is 0 Å². The Morgan fingerprint density at radius 1 is 1.17 bits per heavy atom. The summed E-state index contributed by atoms with van der Waals surface area (Å²) < 4.78 is 1.69. The van der Waals surface area contributed by atoms with Gasteiger partial charge in [-0.1, -0.05) is 48.2 Å². The Morgan fingerprint density at radius 3 is 2.70 bits per heavy atom. The number of likely N-dealkylation sites (tertiary alicyclic amines) is 1. The number of aryl methyl sites for hydroxylation is 2. The van der Waals surface area contributed by atoms with Crippen molar-refractivity contribution >= 4 is 17.7 Å². The van der Waals surface area contributed by atoms with Gasteiger partial charge in [-0.25, -0.2) is 0 Å². The van der Waals surface area contributed by atoms with Gasteiger partial charge in [0.05, 0.1) is 11.4 Å². The van der Waals surface area contributed by atoms with E-state index in [-0.39, 0.29) is 11.9 Å². The largest absolute Gasteiger partial charge is 0.351 e. The maximum atomic E-state index is 12.5. The Hall–Kier alpha value is -2.71. The van der Waals surface area contributed by atoms with Gasteiger partial charge in [0.25, 0.3) is 0 Å². The molecule has 0 unspecified atom stereocenters. The zero-order valence-corrected chi connectivity index (χ0v) is 18.1. The third kappa shape index (κ3) is 5.25. The monoisotopic (exact) mass is 422 g/mol. The van der Waals surface area contributed by atoms with Crippen molar-refractivity contribution in [3.8, 4) is 5.69 Å². The van der Waals surface area contributed by atoms with Crippen LogP contribution < -0.4 is 5.32 Å². The van der Waals surface area contributed by atoms with Crippen molar-refractivity contribution in [3.63, 3.8) is 0 Å². The summed E-state index contributed by atoms with van der Waals surface area (Å²) >= 11 is 1.36. The molecular weight excluding hydrogens is 396 g/mol. The van der Waals surface area contributed by atoms with Gasteiger partial charge in [0.15, 0.2) is 0 Å². The van der Waals surface area contributed by atoms with E-state index < -0.39 is 0 Å².